The minimum atomic E-state index is -0.957. The maximum Gasteiger partial charge on any atom is 0.408 e. The van der Waals surface area contributed by atoms with E-state index in [0.717, 1.165) is 5.69 Å². The summed E-state index contributed by atoms with van der Waals surface area (Å²) in [5.41, 5.74) is 6.19. The summed E-state index contributed by atoms with van der Waals surface area (Å²) in [6, 6.07) is 6.11. The van der Waals surface area contributed by atoms with Crippen LogP contribution in [0, 0.1) is 0 Å². The molecule has 0 radical (unpaired) electrons. The highest BCUT2D eigenvalue weighted by atomic mass is 16.6. The van der Waals surface area contributed by atoms with E-state index in [4.69, 9.17) is 10.5 Å². The standard InChI is InChI=1S/C16H20N4O3/c1-16(2,3)23-15(22)19-13(14(17)21)11-4-6-12(7-5-11)20-9-8-18-10-20/h4-10,13H,1-3H3,(H2,17,21)(H,19,22). The highest BCUT2D eigenvalue weighted by molar-refractivity contribution is 5.85. The molecule has 2 aromatic rings. The molecule has 0 aliphatic rings. The number of benzene rings is 1. The van der Waals surface area contributed by atoms with E-state index in [2.05, 4.69) is 10.3 Å². The van der Waals surface area contributed by atoms with Crippen LogP contribution in [0.15, 0.2) is 43.0 Å². The predicted octanol–water partition coefficient (Wildman–Crippen LogP) is 1.92. The lowest BCUT2D eigenvalue weighted by atomic mass is 10.1. The van der Waals surface area contributed by atoms with Crippen LogP contribution in [0.4, 0.5) is 4.79 Å². The van der Waals surface area contributed by atoms with Gasteiger partial charge < -0.3 is 20.4 Å². The van der Waals surface area contributed by atoms with Gasteiger partial charge in [0.05, 0.1) is 6.33 Å². The Morgan fingerprint density at radius 3 is 2.39 bits per heavy atom. The zero-order chi connectivity index (χ0) is 17.0. The molecule has 0 fully saturated rings. The Bertz CT molecular complexity index is 672. The summed E-state index contributed by atoms with van der Waals surface area (Å²) >= 11 is 0. The van der Waals surface area contributed by atoms with Gasteiger partial charge in [0.2, 0.25) is 5.91 Å². The summed E-state index contributed by atoms with van der Waals surface area (Å²) in [5.74, 6) is -0.661. The maximum atomic E-state index is 11.8. The Labute approximate surface area is 134 Å². The highest BCUT2D eigenvalue weighted by Gasteiger charge is 2.24. The minimum absolute atomic E-state index is 0.576. The first-order valence-corrected chi connectivity index (χ1v) is 7.13. The zero-order valence-electron chi connectivity index (χ0n) is 13.3. The third kappa shape index (κ3) is 4.57. The second kappa shape index (κ2) is 6.51. The molecule has 2 rings (SSSR count). The Morgan fingerprint density at radius 1 is 1.26 bits per heavy atom. The summed E-state index contributed by atoms with van der Waals surface area (Å²) in [7, 11) is 0. The topological polar surface area (TPSA) is 99.2 Å². The number of aromatic nitrogens is 2. The molecule has 2 amide bonds. The summed E-state index contributed by atoms with van der Waals surface area (Å²) < 4.78 is 6.98. The molecule has 0 aliphatic heterocycles. The molecular weight excluding hydrogens is 296 g/mol. The summed E-state index contributed by atoms with van der Waals surface area (Å²) in [5, 5.41) is 2.49. The van der Waals surface area contributed by atoms with Crippen molar-refractivity contribution in [2.45, 2.75) is 32.4 Å². The average molecular weight is 316 g/mol. The fraction of sp³-hybridized carbons (Fsp3) is 0.312. The van der Waals surface area contributed by atoms with E-state index in [0.29, 0.717) is 5.56 Å². The van der Waals surface area contributed by atoms with E-state index in [1.807, 2.05) is 16.7 Å². The number of nitrogens with zero attached hydrogens (tertiary/aromatic N) is 2. The molecule has 7 nitrogen and oxygen atoms in total. The maximum absolute atomic E-state index is 11.8. The van der Waals surface area contributed by atoms with Crippen LogP contribution in [-0.2, 0) is 9.53 Å². The summed E-state index contributed by atoms with van der Waals surface area (Å²) in [4.78, 5) is 27.5. The molecule has 1 heterocycles. The molecule has 0 saturated heterocycles. The van der Waals surface area contributed by atoms with Gasteiger partial charge >= 0.3 is 6.09 Å². The molecule has 23 heavy (non-hydrogen) atoms. The molecule has 0 bridgehead atoms. The van der Waals surface area contributed by atoms with Crippen LogP contribution in [0.25, 0.3) is 5.69 Å². The van der Waals surface area contributed by atoms with Crippen LogP contribution >= 0.6 is 0 Å². The van der Waals surface area contributed by atoms with Crippen LogP contribution in [0.5, 0.6) is 0 Å². The summed E-state index contributed by atoms with van der Waals surface area (Å²) in [6.07, 6.45) is 4.45. The Hall–Kier alpha value is -2.83. The molecule has 0 saturated carbocycles. The van der Waals surface area contributed by atoms with E-state index in [1.165, 1.54) is 0 Å². The number of primary amides is 1. The second-order valence-electron chi connectivity index (χ2n) is 6.04. The van der Waals surface area contributed by atoms with Crippen LogP contribution in [0.2, 0.25) is 0 Å². The lowest BCUT2D eigenvalue weighted by Gasteiger charge is -2.22. The van der Waals surface area contributed by atoms with Gasteiger partial charge in [0.25, 0.3) is 0 Å². The molecule has 0 aliphatic carbocycles. The molecule has 1 atom stereocenters. The summed E-state index contributed by atoms with van der Waals surface area (Å²) in [6.45, 7) is 5.23. The van der Waals surface area contributed by atoms with Gasteiger partial charge in [-0.2, -0.15) is 0 Å². The van der Waals surface area contributed by atoms with Gasteiger partial charge in [-0.15, -0.1) is 0 Å². The smallest absolute Gasteiger partial charge is 0.408 e. The Balaban J connectivity index is 2.15. The van der Waals surface area contributed by atoms with Crippen molar-refractivity contribution in [3.63, 3.8) is 0 Å². The van der Waals surface area contributed by atoms with Gasteiger partial charge in [0.15, 0.2) is 0 Å². The van der Waals surface area contributed by atoms with E-state index in [9.17, 15) is 9.59 Å². The SMILES string of the molecule is CC(C)(C)OC(=O)NC(C(N)=O)c1ccc(-n2ccnc2)cc1. The molecule has 122 valence electrons. The van der Waals surface area contributed by atoms with Gasteiger partial charge in [-0.1, -0.05) is 12.1 Å². The average Bonchev–Trinajstić information content (AvgIpc) is 2.97. The highest BCUT2D eigenvalue weighted by Crippen LogP contribution is 2.17. The van der Waals surface area contributed by atoms with E-state index >= 15 is 0 Å². The van der Waals surface area contributed by atoms with Gasteiger partial charge in [-0.05, 0) is 38.5 Å². The first-order valence-electron chi connectivity index (χ1n) is 7.13. The number of nitrogens with one attached hydrogen (secondary N) is 1. The second-order valence-corrected chi connectivity index (χ2v) is 6.04. The fourth-order valence-electron chi connectivity index (χ4n) is 1.99. The minimum Gasteiger partial charge on any atom is -0.444 e. The van der Waals surface area contributed by atoms with Crippen LogP contribution < -0.4 is 11.1 Å². The number of hydrogen-bond donors (Lipinski definition) is 2. The molecule has 3 N–H and O–H groups in total. The van der Waals surface area contributed by atoms with Crippen molar-refractivity contribution in [1.82, 2.24) is 14.9 Å². The number of amides is 2. The van der Waals surface area contributed by atoms with Crippen LogP contribution in [-0.4, -0.2) is 27.2 Å². The van der Waals surface area contributed by atoms with Crippen molar-refractivity contribution in [2.24, 2.45) is 5.73 Å². The number of carbonyl (C=O) groups excluding carboxylic acids is 2. The van der Waals surface area contributed by atoms with Crippen LogP contribution in [0.1, 0.15) is 32.4 Å². The zero-order valence-corrected chi connectivity index (χ0v) is 13.3. The van der Waals surface area contributed by atoms with Gasteiger partial charge in [-0.25, -0.2) is 9.78 Å². The first kappa shape index (κ1) is 16.5. The van der Waals surface area contributed by atoms with Gasteiger partial charge in [-0.3, -0.25) is 4.79 Å². The molecular formula is C16H20N4O3. The number of hydrogen-bond acceptors (Lipinski definition) is 4. The van der Waals surface area contributed by atoms with Crippen molar-refractivity contribution in [3.05, 3.63) is 48.5 Å². The number of rotatable bonds is 4. The molecule has 7 heteroatoms. The molecule has 1 aromatic heterocycles. The Morgan fingerprint density at radius 2 is 1.91 bits per heavy atom. The Kier molecular flexibility index (Phi) is 4.68. The monoisotopic (exact) mass is 316 g/mol. The van der Waals surface area contributed by atoms with Crippen molar-refractivity contribution < 1.29 is 14.3 Å². The third-order valence-corrected chi connectivity index (χ3v) is 2.97. The number of carbonyl (C=O) groups is 2. The largest absolute Gasteiger partial charge is 0.444 e. The number of ether oxygens (including phenoxy) is 1. The number of imidazole rings is 1. The van der Waals surface area contributed by atoms with Crippen molar-refractivity contribution in [3.8, 4) is 5.69 Å². The van der Waals surface area contributed by atoms with Crippen molar-refractivity contribution in [1.29, 1.82) is 0 Å². The van der Waals surface area contributed by atoms with E-state index < -0.39 is 23.6 Å². The van der Waals surface area contributed by atoms with Gasteiger partial charge in [0, 0.05) is 18.1 Å². The number of alkyl carbamates (subject to hydrolysis) is 1. The third-order valence-electron chi connectivity index (χ3n) is 2.97. The number of nitrogens with two attached hydrogens (primary N) is 1. The van der Waals surface area contributed by atoms with Crippen LogP contribution in [0.3, 0.4) is 0 Å². The lowest BCUT2D eigenvalue weighted by molar-refractivity contribution is -0.120. The lowest BCUT2D eigenvalue weighted by Crippen LogP contribution is -2.40. The predicted molar refractivity (Wildman–Crippen MR) is 84.9 cm³/mol. The van der Waals surface area contributed by atoms with Gasteiger partial charge in [0.1, 0.15) is 11.6 Å². The molecule has 0 spiro atoms. The quantitative estimate of drug-likeness (QED) is 0.900. The van der Waals surface area contributed by atoms with Crippen molar-refractivity contribution >= 4 is 12.0 Å². The van der Waals surface area contributed by atoms with Crippen molar-refractivity contribution in [2.75, 3.05) is 0 Å². The van der Waals surface area contributed by atoms with E-state index in [-0.39, 0.29) is 0 Å². The van der Waals surface area contributed by atoms with E-state index in [1.54, 1.807) is 51.6 Å². The molecule has 1 unspecified atom stereocenters. The first-order chi connectivity index (χ1) is 10.8. The fourth-order valence-corrected chi connectivity index (χ4v) is 1.99. The normalized spacial score (nSPS) is 12.5. The molecule has 1 aromatic carbocycles.